The number of carbonyl (C=O) groups is 1. The molecule has 0 aliphatic carbocycles. The van der Waals surface area contributed by atoms with Gasteiger partial charge in [-0.3, -0.25) is 9.69 Å². The smallest absolute Gasteiger partial charge is 0.228 e. The van der Waals surface area contributed by atoms with Gasteiger partial charge in [0.2, 0.25) is 5.91 Å². The fourth-order valence-corrected chi connectivity index (χ4v) is 4.43. The molecule has 142 valence electrons. The number of nitrogens with zero attached hydrogens (tertiary/aromatic N) is 2. The number of hydrogen-bond acceptors (Lipinski definition) is 4. The van der Waals surface area contributed by atoms with E-state index in [0.717, 1.165) is 65.2 Å². The molecule has 0 unspecified atom stereocenters. The van der Waals surface area contributed by atoms with Crippen LogP contribution in [0.4, 0.5) is 0 Å². The highest BCUT2D eigenvalue weighted by Gasteiger charge is 2.41. The van der Waals surface area contributed by atoms with Crippen molar-refractivity contribution in [2.45, 2.75) is 38.3 Å². The Kier molecular flexibility index (Phi) is 5.30. The topological polar surface area (TPSA) is 42.0 Å². The number of hydrogen-bond donors (Lipinski definition) is 0. The van der Waals surface area contributed by atoms with E-state index >= 15 is 0 Å². The molecule has 0 radical (unpaired) electrons. The van der Waals surface area contributed by atoms with Crippen LogP contribution in [0.2, 0.25) is 0 Å². The first-order chi connectivity index (χ1) is 12.6. The molecule has 3 heterocycles. The fourth-order valence-electron chi connectivity index (χ4n) is 4.43. The number of aryl methyl sites for hydroxylation is 1. The van der Waals surface area contributed by atoms with Crippen LogP contribution in [0.15, 0.2) is 24.3 Å². The van der Waals surface area contributed by atoms with Gasteiger partial charge < -0.3 is 14.4 Å². The second kappa shape index (κ2) is 7.67. The monoisotopic (exact) mass is 358 g/mol. The molecule has 1 spiro atoms. The minimum absolute atomic E-state index is 0.0775. The maximum Gasteiger partial charge on any atom is 0.228 e. The van der Waals surface area contributed by atoms with Crippen LogP contribution in [0.25, 0.3) is 0 Å². The summed E-state index contributed by atoms with van der Waals surface area (Å²) >= 11 is 0. The van der Waals surface area contributed by atoms with Crippen LogP contribution in [0.3, 0.4) is 0 Å². The third kappa shape index (κ3) is 3.95. The Morgan fingerprint density at radius 2 is 1.92 bits per heavy atom. The Bertz CT molecular complexity index is 617. The number of amides is 1. The largest absolute Gasteiger partial charge is 0.381 e. The lowest BCUT2D eigenvalue weighted by molar-refractivity contribution is -0.153. The van der Waals surface area contributed by atoms with E-state index in [1.165, 1.54) is 11.1 Å². The standard InChI is InChI=1S/C21H30N2O3/c1-17-2-4-18(5-3-17)14-22-11-13-26-21(16-22)7-9-23(10-8-21)20(24)19-6-12-25-15-19/h2-5,19H,6-16H2,1H3/t19-/m0/s1. The number of ether oxygens (including phenoxy) is 2. The van der Waals surface area contributed by atoms with E-state index in [9.17, 15) is 4.79 Å². The molecule has 1 amide bonds. The van der Waals surface area contributed by atoms with Crippen molar-refractivity contribution in [1.29, 1.82) is 0 Å². The summed E-state index contributed by atoms with van der Waals surface area (Å²) in [6, 6.07) is 8.82. The number of piperidine rings is 1. The maximum absolute atomic E-state index is 12.6. The lowest BCUT2D eigenvalue weighted by atomic mass is 9.88. The van der Waals surface area contributed by atoms with Gasteiger partial charge in [0.15, 0.2) is 0 Å². The van der Waals surface area contributed by atoms with Gasteiger partial charge in [0, 0.05) is 39.3 Å². The Labute approximate surface area is 156 Å². The molecule has 1 aromatic rings. The van der Waals surface area contributed by atoms with E-state index in [0.29, 0.717) is 6.61 Å². The van der Waals surface area contributed by atoms with Crippen LogP contribution < -0.4 is 0 Å². The van der Waals surface area contributed by atoms with Gasteiger partial charge in [0.05, 0.1) is 24.7 Å². The number of rotatable bonds is 3. The van der Waals surface area contributed by atoms with Crippen molar-refractivity contribution in [2.24, 2.45) is 5.92 Å². The summed E-state index contributed by atoms with van der Waals surface area (Å²) < 4.78 is 11.6. The van der Waals surface area contributed by atoms with Crippen molar-refractivity contribution >= 4 is 5.91 Å². The average Bonchev–Trinajstić information content (AvgIpc) is 3.19. The molecule has 1 aromatic carbocycles. The molecule has 26 heavy (non-hydrogen) atoms. The quantitative estimate of drug-likeness (QED) is 0.831. The molecule has 0 bridgehead atoms. The molecule has 5 heteroatoms. The Morgan fingerprint density at radius 1 is 1.15 bits per heavy atom. The highest BCUT2D eigenvalue weighted by Crippen LogP contribution is 2.32. The van der Waals surface area contributed by atoms with E-state index in [2.05, 4.69) is 36.1 Å². The molecule has 3 aliphatic heterocycles. The molecular formula is C21H30N2O3. The van der Waals surface area contributed by atoms with Gasteiger partial charge in [-0.15, -0.1) is 0 Å². The zero-order chi connectivity index (χ0) is 18.0. The van der Waals surface area contributed by atoms with Gasteiger partial charge in [0.25, 0.3) is 0 Å². The molecule has 0 aromatic heterocycles. The SMILES string of the molecule is Cc1ccc(CN2CCOC3(CCN(C(=O)[C@H]4CCOC4)CC3)C2)cc1. The minimum atomic E-state index is -0.0775. The molecular weight excluding hydrogens is 328 g/mol. The predicted octanol–water partition coefficient (Wildman–Crippen LogP) is 2.22. The Balaban J connectivity index is 1.32. The van der Waals surface area contributed by atoms with Gasteiger partial charge in [0.1, 0.15) is 0 Å². The first-order valence-corrected chi connectivity index (χ1v) is 9.92. The molecule has 3 aliphatic rings. The van der Waals surface area contributed by atoms with Crippen molar-refractivity contribution in [1.82, 2.24) is 9.80 Å². The third-order valence-electron chi connectivity index (χ3n) is 6.12. The average molecular weight is 358 g/mol. The van der Waals surface area contributed by atoms with Gasteiger partial charge in [-0.05, 0) is 31.7 Å². The van der Waals surface area contributed by atoms with Crippen molar-refractivity contribution in [3.05, 3.63) is 35.4 Å². The normalized spacial score (nSPS) is 26.3. The Morgan fingerprint density at radius 3 is 2.62 bits per heavy atom. The van der Waals surface area contributed by atoms with Gasteiger partial charge >= 0.3 is 0 Å². The Hall–Kier alpha value is -1.43. The van der Waals surface area contributed by atoms with Crippen LogP contribution in [0.5, 0.6) is 0 Å². The summed E-state index contributed by atoms with van der Waals surface area (Å²) in [6.45, 7) is 8.80. The lowest BCUT2D eigenvalue weighted by Crippen LogP contribution is -2.57. The number of morpholine rings is 1. The maximum atomic E-state index is 12.6. The second-order valence-electron chi connectivity index (χ2n) is 8.11. The molecule has 1 atom stereocenters. The summed E-state index contributed by atoms with van der Waals surface area (Å²) in [7, 11) is 0. The highest BCUT2D eigenvalue weighted by molar-refractivity contribution is 5.79. The van der Waals surface area contributed by atoms with E-state index in [1.54, 1.807) is 0 Å². The van der Waals surface area contributed by atoms with Crippen molar-refractivity contribution in [2.75, 3.05) is 46.0 Å². The fraction of sp³-hybridized carbons (Fsp3) is 0.667. The summed E-state index contributed by atoms with van der Waals surface area (Å²) in [4.78, 5) is 17.1. The summed E-state index contributed by atoms with van der Waals surface area (Å²) in [6.07, 6.45) is 2.76. The highest BCUT2D eigenvalue weighted by atomic mass is 16.5. The van der Waals surface area contributed by atoms with E-state index in [1.807, 2.05) is 4.90 Å². The molecule has 4 rings (SSSR count). The zero-order valence-corrected chi connectivity index (χ0v) is 15.8. The van der Waals surface area contributed by atoms with Crippen molar-refractivity contribution < 1.29 is 14.3 Å². The first-order valence-electron chi connectivity index (χ1n) is 9.92. The van der Waals surface area contributed by atoms with Crippen LogP contribution >= 0.6 is 0 Å². The molecule has 0 saturated carbocycles. The van der Waals surface area contributed by atoms with Crippen molar-refractivity contribution in [3.63, 3.8) is 0 Å². The molecule has 3 saturated heterocycles. The zero-order valence-electron chi connectivity index (χ0n) is 15.8. The molecule has 5 nitrogen and oxygen atoms in total. The van der Waals surface area contributed by atoms with E-state index in [-0.39, 0.29) is 17.4 Å². The van der Waals surface area contributed by atoms with E-state index < -0.39 is 0 Å². The lowest BCUT2D eigenvalue weighted by Gasteiger charge is -2.47. The van der Waals surface area contributed by atoms with Crippen LogP contribution in [0, 0.1) is 12.8 Å². The summed E-state index contributed by atoms with van der Waals surface area (Å²) in [5.74, 6) is 0.360. The predicted molar refractivity (Wildman–Crippen MR) is 99.9 cm³/mol. The van der Waals surface area contributed by atoms with Crippen LogP contribution in [-0.2, 0) is 20.8 Å². The van der Waals surface area contributed by atoms with Gasteiger partial charge in [-0.1, -0.05) is 29.8 Å². The first kappa shape index (κ1) is 18.0. The van der Waals surface area contributed by atoms with E-state index in [4.69, 9.17) is 9.47 Å². The molecule has 0 N–H and O–H groups in total. The minimum Gasteiger partial charge on any atom is -0.381 e. The van der Waals surface area contributed by atoms with Crippen LogP contribution in [0.1, 0.15) is 30.4 Å². The third-order valence-corrected chi connectivity index (χ3v) is 6.12. The second-order valence-corrected chi connectivity index (χ2v) is 8.11. The summed E-state index contributed by atoms with van der Waals surface area (Å²) in [5, 5.41) is 0. The number of benzene rings is 1. The van der Waals surface area contributed by atoms with Crippen molar-refractivity contribution in [3.8, 4) is 0 Å². The van der Waals surface area contributed by atoms with Gasteiger partial charge in [-0.2, -0.15) is 0 Å². The van der Waals surface area contributed by atoms with Gasteiger partial charge in [-0.25, -0.2) is 0 Å². The van der Waals surface area contributed by atoms with Crippen LogP contribution in [-0.4, -0.2) is 67.3 Å². The number of carbonyl (C=O) groups excluding carboxylic acids is 1. The number of likely N-dealkylation sites (tertiary alicyclic amines) is 1. The summed E-state index contributed by atoms with van der Waals surface area (Å²) in [5.41, 5.74) is 2.59. The molecule has 3 fully saturated rings.